The maximum atomic E-state index is 13.3. The molecular weight excluding hydrogens is 251 g/mol. The zero-order chi connectivity index (χ0) is 13.8. The van der Waals surface area contributed by atoms with Crippen molar-refractivity contribution in [2.24, 2.45) is 0 Å². The van der Waals surface area contributed by atoms with E-state index in [1.54, 1.807) is 0 Å². The molecule has 1 aliphatic heterocycles. The van der Waals surface area contributed by atoms with Gasteiger partial charge in [0.1, 0.15) is 17.6 Å². The Morgan fingerprint density at radius 3 is 2.79 bits per heavy atom. The van der Waals surface area contributed by atoms with Gasteiger partial charge in [0.05, 0.1) is 7.11 Å². The van der Waals surface area contributed by atoms with E-state index in [2.05, 4.69) is 5.32 Å². The molecule has 1 atom stereocenters. The topological polar surface area (TPSA) is 61.8 Å². The number of carbonyl (C=O) groups is 1. The molecule has 1 aromatic carbocycles. The van der Waals surface area contributed by atoms with Crippen LogP contribution in [0.4, 0.5) is 4.39 Å². The molecule has 5 nitrogen and oxygen atoms in total. The SMILES string of the molecule is COC(=O)C(c1cc(F)ccc1O)N1CCNCC1. The Bertz CT molecular complexity index is 461. The van der Waals surface area contributed by atoms with E-state index in [1.165, 1.54) is 19.2 Å². The van der Waals surface area contributed by atoms with Gasteiger partial charge in [-0.05, 0) is 18.2 Å². The molecule has 104 valence electrons. The third-order valence-corrected chi connectivity index (χ3v) is 3.23. The fraction of sp³-hybridized carbons (Fsp3) is 0.462. The second-order valence-electron chi connectivity index (χ2n) is 4.41. The Kier molecular flexibility index (Phi) is 4.34. The molecule has 1 aliphatic rings. The number of rotatable bonds is 3. The van der Waals surface area contributed by atoms with E-state index in [0.717, 1.165) is 19.2 Å². The number of nitrogens with zero attached hydrogens (tertiary/aromatic N) is 1. The first-order valence-corrected chi connectivity index (χ1v) is 6.14. The van der Waals surface area contributed by atoms with Gasteiger partial charge in [-0.3, -0.25) is 4.90 Å². The van der Waals surface area contributed by atoms with Crippen molar-refractivity contribution in [3.05, 3.63) is 29.6 Å². The van der Waals surface area contributed by atoms with Crippen molar-refractivity contribution in [1.29, 1.82) is 0 Å². The van der Waals surface area contributed by atoms with Gasteiger partial charge in [0.15, 0.2) is 0 Å². The zero-order valence-corrected chi connectivity index (χ0v) is 10.7. The molecule has 0 saturated carbocycles. The minimum absolute atomic E-state index is 0.102. The summed E-state index contributed by atoms with van der Waals surface area (Å²) in [5.41, 5.74) is 0.244. The Morgan fingerprint density at radius 2 is 2.16 bits per heavy atom. The Labute approximate surface area is 111 Å². The summed E-state index contributed by atoms with van der Waals surface area (Å²) in [7, 11) is 1.29. The lowest BCUT2D eigenvalue weighted by atomic mass is 10.0. The summed E-state index contributed by atoms with van der Waals surface area (Å²) in [4.78, 5) is 13.8. The van der Waals surface area contributed by atoms with Crippen molar-refractivity contribution in [2.45, 2.75) is 6.04 Å². The number of aromatic hydroxyl groups is 1. The zero-order valence-electron chi connectivity index (χ0n) is 10.7. The second-order valence-corrected chi connectivity index (χ2v) is 4.41. The summed E-state index contributed by atoms with van der Waals surface area (Å²) in [6.45, 7) is 2.75. The highest BCUT2D eigenvalue weighted by Crippen LogP contribution is 2.30. The molecule has 2 rings (SSSR count). The quantitative estimate of drug-likeness (QED) is 0.788. The summed E-state index contributed by atoms with van der Waals surface area (Å²) in [6, 6.07) is 2.81. The number of benzene rings is 1. The third kappa shape index (κ3) is 3.02. The maximum absolute atomic E-state index is 13.3. The number of halogens is 1. The van der Waals surface area contributed by atoms with Gasteiger partial charge in [0.2, 0.25) is 0 Å². The van der Waals surface area contributed by atoms with Gasteiger partial charge in [-0.1, -0.05) is 0 Å². The Balaban J connectivity index is 2.36. The van der Waals surface area contributed by atoms with Crippen LogP contribution in [0.15, 0.2) is 18.2 Å². The number of piperazine rings is 1. The first kappa shape index (κ1) is 13.8. The number of hydrogen-bond donors (Lipinski definition) is 2. The molecular formula is C13H17FN2O3. The summed E-state index contributed by atoms with van der Waals surface area (Å²) >= 11 is 0. The Morgan fingerprint density at radius 1 is 1.47 bits per heavy atom. The standard InChI is InChI=1S/C13H17FN2O3/c1-19-13(18)12(16-6-4-15-5-7-16)10-8-9(14)2-3-11(10)17/h2-3,8,12,15,17H,4-7H2,1H3. The molecule has 1 fully saturated rings. The maximum Gasteiger partial charge on any atom is 0.327 e. The molecule has 6 heteroatoms. The van der Waals surface area contributed by atoms with Crippen molar-refractivity contribution >= 4 is 5.97 Å². The van der Waals surface area contributed by atoms with Gasteiger partial charge in [-0.15, -0.1) is 0 Å². The van der Waals surface area contributed by atoms with Crippen LogP contribution < -0.4 is 5.32 Å². The van der Waals surface area contributed by atoms with Gasteiger partial charge in [-0.25, -0.2) is 9.18 Å². The highest BCUT2D eigenvalue weighted by molar-refractivity contribution is 5.78. The number of carbonyl (C=O) groups excluding carboxylic acids is 1. The van der Waals surface area contributed by atoms with Crippen LogP contribution >= 0.6 is 0 Å². The summed E-state index contributed by atoms with van der Waals surface area (Å²) in [6.07, 6.45) is 0. The van der Waals surface area contributed by atoms with Gasteiger partial charge in [-0.2, -0.15) is 0 Å². The molecule has 0 aliphatic carbocycles. The molecule has 1 aromatic rings. The van der Waals surface area contributed by atoms with Crippen molar-refractivity contribution in [3.8, 4) is 5.75 Å². The van der Waals surface area contributed by atoms with Gasteiger partial charge >= 0.3 is 5.97 Å². The van der Waals surface area contributed by atoms with Crippen molar-refractivity contribution in [1.82, 2.24) is 10.2 Å². The predicted molar refractivity (Wildman–Crippen MR) is 67.3 cm³/mol. The minimum atomic E-state index is -0.775. The first-order chi connectivity index (χ1) is 9.13. The van der Waals surface area contributed by atoms with Crippen LogP contribution in [0, 0.1) is 5.82 Å². The predicted octanol–water partition coefficient (Wildman–Crippen LogP) is 0.651. The lowest BCUT2D eigenvalue weighted by Gasteiger charge is -2.33. The molecule has 0 spiro atoms. The molecule has 0 radical (unpaired) electrons. The summed E-state index contributed by atoms with van der Waals surface area (Å²) in [5.74, 6) is -1.09. The van der Waals surface area contributed by atoms with E-state index in [4.69, 9.17) is 4.74 Å². The number of methoxy groups -OCH3 is 1. The van der Waals surface area contributed by atoms with Crippen molar-refractivity contribution in [2.75, 3.05) is 33.3 Å². The number of ether oxygens (including phenoxy) is 1. The van der Waals surface area contributed by atoms with Gasteiger partial charge < -0.3 is 15.2 Å². The smallest absolute Gasteiger partial charge is 0.327 e. The van der Waals surface area contributed by atoms with Crippen LogP contribution in [0.1, 0.15) is 11.6 Å². The van der Waals surface area contributed by atoms with Crippen LogP contribution in [0.3, 0.4) is 0 Å². The van der Waals surface area contributed by atoms with E-state index < -0.39 is 17.8 Å². The van der Waals surface area contributed by atoms with Gasteiger partial charge in [0.25, 0.3) is 0 Å². The first-order valence-electron chi connectivity index (χ1n) is 6.14. The number of nitrogens with one attached hydrogen (secondary N) is 1. The third-order valence-electron chi connectivity index (χ3n) is 3.23. The van der Waals surface area contributed by atoms with Crippen LogP contribution in [-0.2, 0) is 9.53 Å². The summed E-state index contributed by atoms with van der Waals surface area (Å²) < 4.78 is 18.1. The van der Waals surface area contributed by atoms with Crippen molar-refractivity contribution in [3.63, 3.8) is 0 Å². The molecule has 2 N–H and O–H groups in total. The lowest BCUT2D eigenvalue weighted by Crippen LogP contribution is -2.47. The van der Waals surface area contributed by atoms with Gasteiger partial charge in [0, 0.05) is 31.7 Å². The van der Waals surface area contributed by atoms with Crippen LogP contribution in [-0.4, -0.2) is 49.3 Å². The van der Waals surface area contributed by atoms with E-state index in [9.17, 15) is 14.3 Å². The molecule has 1 heterocycles. The number of phenolic OH excluding ortho intramolecular Hbond substituents is 1. The number of esters is 1. The van der Waals surface area contributed by atoms with Crippen LogP contribution in [0.2, 0.25) is 0 Å². The van der Waals surface area contributed by atoms with Crippen molar-refractivity contribution < 1.29 is 19.0 Å². The average Bonchev–Trinajstić information content (AvgIpc) is 2.44. The highest BCUT2D eigenvalue weighted by Gasteiger charge is 2.31. The van der Waals surface area contributed by atoms with E-state index in [-0.39, 0.29) is 11.3 Å². The normalized spacial score (nSPS) is 18.0. The largest absolute Gasteiger partial charge is 0.508 e. The second kappa shape index (κ2) is 5.99. The lowest BCUT2D eigenvalue weighted by molar-refractivity contribution is -0.147. The fourth-order valence-corrected chi connectivity index (χ4v) is 2.27. The molecule has 1 saturated heterocycles. The number of phenols is 1. The van der Waals surface area contributed by atoms with Crippen LogP contribution in [0.25, 0.3) is 0 Å². The molecule has 19 heavy (non-hydrogen) atoms. The molecule has 1 unspecified atom stereocenters. The van der Waals surface area contributed by atoms with E-state index >= 15 is 0 Å². The Hall–Kier alpha value is -1.66. The van der Waals surface area contributed by atoms with E-state index in [1.807, 2.05) is 4.90 Å². The fourth-order valence-electron chi connectivity index (χ4n) is 2.27. The molecule has 0 amide bonds. The molecule has 0 aromatic heterocycles. The highest BCUT2D eigenvalue weighted by atomic mass is 19.1. The minimum Gasteiger partial charge on any atom is -0.508 e. The van der Waals surface area contributed by atoms with E-state index in [0.29, 0.717) is 13.1 Å². The average molecular weight is 268 g/mol. The summed E-state index contributed by atoms with van der Waals surface area (Å²) in [5, 5.41) is 13.0. The monoisotopic (exact) mass is 268 g/mol. The van der Waals surface area contributed by atoms with Crippen LogP contribution in [0.5, 0.6) is 5.75 Å². The number of hydrogen-bond acceptors (Lipinski definition) is 5. The molecule has 0 bridgehead atoms.